The van der Waals surface area contributed by atoms with Gasteiger partial charge in [-0.2, -0.15) is 0 Å². The van der Waals surface area contributed by atoms with Crippen LogP contribution < -0.4 is 9.46 Å². The molecule has 176 valence electrons. The second-order valence-corrected chi connectivity index (χ2v) is 10.2. The zero-order valence-electron chi connectivity index (χ0n) is 18.7. The van der Waals surface area contributed by atoms with E-state index in [2.05, 4.69) is 4.72 Å². The number of hydrogen-bond donors (Lipinski definition) is 1. The summed E-state index contributed by atoms with van der Waals surface area (Å²) in [6.07, 6.45) is 2.81. The van der Waals surface area contributed by atoms with E-state index in [9.17, 15) is 18.0 Å². The van der Waals surface area contributed by atoms with Crippen molar-refractivity contribution >= 4 is 21.8 Å². The van der Waals surface area contributed by atoms with Crippen LogP contribution in [0.25, 0.3) is 0 Å². The first-order chi connectivity index (χ1) is 15.9. The predicted molar refractivity (Wildman–Crippen MR) is 124 cm³/mol. The molecule has 1 saturated carbocycles. The molecule has 0 radical (unpaired) electrons. The van der Waals surface area contributed by atoms with Gasteiger partial charge in [0.2, 0.25) is 15.9 Å². The van der Waals surface area contributed by atoms with Crippen molar-refractivity contribution in [3.8, 4) is 5.75 Å². The number of piperazine rings is 1. The van der Waals surface area contributed by atoms with Crippen LogP contribution in [0.2, 0.25) is 0 Å². The quantitative estimate of drug-likeness (QED) is 0.636. The van der Waals surface area contributed by atoms with Gasteiger partial charge in [-0.1, -0.05) is 12.1 Å². The molecule has 2 aliphatic rings. The van der Waals surface area contributed by atoms with E-state index >= 15 is 0 Å². The summed E-state index contributed by atoms with van der Waals surface area (Å²) in [5.41, 5.74) is 1.52. The molecule has 2 fully saturated rings. The highest BCUT2D eigenvalue weighted by molar-refractivity contribution is 7.89. The van der Waals surface area contributed by atoms with E-state index < -0.39 is 10.0 Å². The maximum Gasteiger partial charge on any atom is 0.253 e. The van der Waals surface area contributed by atoms with Crippen LogP contribution in [0.5, 0.6) is 5.75 Å². The second-order valence-electron chi connectivity index (χ2n) is 8.44. The summed E-state index contributed by atoms with van der Waals surface area (Å²) < 4.78 is 32.4. The first-order valence-electron chi connectivity index (χ1n) is 11.2. The summed E-state index contributed by atoms with van der Waals surface area (Å²) in [5, 5.41) is 0. The number of amides is 2. The highest BCUT2D eigenvalue weighted by Gasteiger charge is 2.28. The molecule has 8 nitrogen and oxygen atoms in total. The van der Waals surface area contributed by atoms with Gasteiger partial charge in [-0.3, -0.25) is 9.59 Å². The van der Waals surface area contributed by atoms with Crippen molar-refractivity contribution in [2.75, 3.05) is 33.3 Å². The minimum Gasteiger partial charge on any atom is -0.497 e. The summed E-state index contributed by atoms with van der Waals surface area (Å²) >= 11 is 0. The Kier molecular flexibility index (Phi) is 6.99. The Balaban J connectivity index is 1.26. The number of benzene rings is 2. The van der Waals surface area contributed by atoms with Gasteiger partial charge in [-0.15, -0.1) is 0 Å². The third kappa shape index (κ3) is 5.91. The fourth-order valence-corrected chi connectivity index (χ4v) is 5.11. The molecule has 9 heteroatoms. The summed E-state index contributed by atoms with van der Waals surface area (Å²) in [6.45, 7) is 1.89. The first kappa shape index (κ1) is 23.3. The molecule has 33 heavy (non-hydrogen) atoms. The molecule has 1 heterocycles. The zero-order chi connectivity index (χ0) is 23.4. The molecule has 0 unspecified atom stereocenters. The minimum atomic E-state index is -3.54. The SMILES string of the molecule is COc1ccc(CCC(=O)N2CCN(C(=O)c3ccc(S(=O)(=O)NC4CC4)cc3)CC2)cc1. The van der Waals surface area contributed by atoms with Crippen molar-refractivity contribution in [3.63, 3.8) is 0 Å². The van der Waals surface area contributed by atoms with Crippen molar-refractivity contribution in [1.29, 1.82) is 0 Å². The number of ether oxygens (including phenoxy) is 1. The van der Waals surface area contributed by atoms with Crippen LogP contribution in [-0.2, 0) is 21.2 Å². The molecule has 1 N–H and O–H groups in total. The molecular weight excluding hydrogens is 442 g/mol. The van der Waals surface area contributed by atoms with Crippen molar-refractivity contribution in [3.05, 3.63) is 59.7 Å². The highest BCUT2D eigenvalue weighted by atomic mass is 32.2. The van der Waals surface area contributed by atoms with E-state index in [4.69, 9.17) is 4.74 Å². The standard InChI is InChI=1S/C24H29N3O5S/c1-32-21-9-2-18(3-10-21)4-13-23(28)26-14-16-27(17-15-26)24(29)19-5-11-22(12-6-19)33(30,31)25-20-7-8-20/h2-3,5-6,9-12,20,25H,4,7-8,13-17H2,1H3. The van der Waals surface area contributed by atoms with Crippen LogP contribution >= 0.6 is 0 Å². The van der Waals surface area contributed by atoms with Gasteiger partial charge in [-0.25, -0.2) is 13.1 Å². The van der Waals surface area contributed by atoms with E-state index in [1.807, 2.05) is 24.3 Å². The molecule has 0 spiro atoms. The van der Waals surface area contributed by atoms with Crippen LogP contribution in [0, 0.1) is 0 Å². The number of rotatable bonds is 8. The van der Waals surface area contributed by atoms with Gasteiger partial charge in [0.1, 0.15) is 5.75 Å². The number of carbonyl (C=O) groups is 2. The largest absolute Gasteiger partial charge is 0.497 e. The number of aryl methyl sites for hydroxylation is 1. The van der Waals surface area contributed by atoms with Crippen LogP contribution in [0.3, 0.4) is 0 Å². The lowest BCUT2D eigenvalue weighted by Gasteiger charge is -2.35. The van der Waals surface area contributed by atoms with E-state index in [1.54, 1.807) is 29.0 Å². The molecule has 1 saturated heterocycles. The first-order valence-corrected chi connectivity index (χ1v) is 12.7. The fourth-order valence-electron chi connectivity index (χ4n) is 3.81. The summed E-state index contributed by atoms with van der Waals surface area (Å²) in [7, 11) is -1.91. The Morgan fingerprint density at radius 3 is 2.12 bits per heavy atom. The monoisotopic (exact) mass is 471 g/mol. The molecule has 2 amide bonds. The normalized spacial score (nSPS) is 16.5. The summed E-state index contributed by atoms with van der Waals surface area (Å²) in [6, 6.07) is 13.8. The van der Waals surface area contributed by atoms with Gasteiger partial charge >= 0.3 is 0 Å². The second kappa shape index (κ2) is 9.93. The van der Waals surface area contributed by atoms with Crippen molar-refractivity contribution in [2.45, 2.75) is 36.6 Å². The van der Waals surface area contributed by atoms with Gasteiger partial charge in [0, 0.05) is 44.2 Å². The van der Waals surface area contributed by atoms with E-state index in [-0.39, 0.29) is 22.8 Å². The maximum absolute atomic E-state index is 12.8. The van der Waals surface area contributed by atoms with Crippen LogP contribution in [-0.4, -0.2) is 69.4 Å². The van der Waals surface area contributed by atoms with E-state index in [0.717, 1.165) is 24.2 Å². The smallest absolute Gasteiger partial charge is 0.253 e. The lowest BCUT2D eigenvalue weighted by molar-refractivity contribution is -0.132. The Morgan fingerprint density at radius 1 is 0.939 bits per heavy atom. The average molecular weight is 472 g/mol. The van der Waals surface area contributed by atoms with Gasteiger partial charge < -0.3 is 14.5 Å². The molecule has 1 aliphatic carbocycles. The van der Waals surface area contributed by atoms with Crippen molar-refractivity contribution in [2.24, 2.45) is 0 Å². The topological polar surface area (TPSA) is 96.0 Å². The number of methoxy groups -OCH3 is 1. The molecule has 0 bridgehead atoms. The van der Waals surface area contributed by atoms with Gasteiger partial charge in [0.15, 0.2) is 0 Å². The molecule has 1 aliphatic heterocycles. The number of carbonyl (C=O) groups excluding carboxylic acids is 2. The van der Waals surface area contributed by atoms with E-state index in [1.165, 1.54) is 12.1 Å². The van der Waals surface area contributed by atoms with Crippen molar-refractivity contribution < 1.29 is 22.7 Å². The Bertz CT molecular complexity index is 1090. The third-order valence-corrected chi connectivity index (χ3v) is 7.55. The zero-order valence-corrected chi connectivity index (χ0v) is 19.5. The van der Waals surface area contributed by atoms with E-state index in [0.29, 0.717) is 44.6 Å². The average Bonchev–Trinajstić information content (AvgIpc) is 3.66. The molecule has 0 aromatic heterocycles. The molecule has 2 aromatic carbocycles. The summed E-state index contributed by atoms with van der Waals surface area (Å²) in [5.74, 6) is 0.715. The fraction of sp³-hybridized carbons (Fsp3) is 0.417. The number of nitrogens with one attached hydrogen (secondary N) is 1. The van der Waals surface area contributed by atoms with Gasteiger partial charge in [-0.05, 0) is 61.2 Å². The minimum absolute atomic E-state index is 0.0338. The lowest BCUT2D eigenvalue weighted by atomic mass is 10.1. The molecule has 0 atom stereocenters. The predicted octanol–water partition coefficient (Wildman–Crippen LogP) is 2.05. The summed E-state index contributed by atoms with van der Waals surface area (Å²) in [4.78, 5) is 29.1. The number of sulfonamides is 1. The maximum atomic E-state index is 12.8. The Labute approximate surface area is 194 Å². The number of nitrogens with zero attached hydrogens (tertiary/aromatic N) is 2. The molecule has 4 rings (SSSR count). The third-order valence-electron chi connectivity index (χ3n) is 6.02. The Hall–Kier alpha value is -2.91. The van der Waals surface area contributed by atoms with Gasteiger partial charge in [0.25, 0.3) is 5.91 Å². The number of hydrogen-bond acceptors (Lipinski definition) is 5. The Morgan fingerprint density at radius 2 is 1.55 bits per heavy atom. The molecular formula is C24H29N3O5S. The lowest BCUT2D eigenvalue weighted by Crippen LogP contribution is -2.50. The van der Waals surface area contributed by atoms with Gasteiger partial charge in [0.05, 0.1) is 12.0 Å². The molecule has 2 aromatic rings. The highest BCUT2D eigenvalue weighted by Crippen LogP contribution is 2.22. The van der Waals surface area contributed by atoms with Crippen LogP contribution in [0.15, 0.2) is 53.4 Å². The van der Waals surface area contributed by atoms with Crippen molar-refractivity contribution in [1.82, 2.24) is 14.5 Å². The van der Waals surface area contributed by atoms with Crippen LogP contribution in [0.1, 0.15) is 35.2 Å². The van der Waals surface area contributed by atoms with Crippen LogP contribution in [0.4, 0.5) is 0 Å².